The van der Waals surface area contributed by atoms with Crippen molar-refractivity contribution in [1.29, 1.82) is 0 Å². The molecule has 34 heavy (non-hydrogen) atoms. The van der Waals surface area contributed by atoms with Crippen molar-refractivity contribution in [2.45, 2.75) is 58.0 Å². The van der Waals surface area contributed by atoms with Crippen LogP contribution in [0, 0.1) is 12.8 Å². The number of sulfonamides is 1. The maximum absolute atomic E-state index is 12.8. The molecule has 176 valence electrons. The largest absolute Gasteiger partial charge is 0.309 e. The van der Waals surface area contributed by atoms with Gasteiger partial charge in [0.15, 0.2) is 5.65 Å². The molecule has 0 saturated carbocycles. The van der Waals surface area contributed by atoms with Gasteiger partial charge in [-0.25, -0.2) is 38.1 Å². The third-order valence-electron chi connectivity index (χ3n) is 6.20. The van der Waals surface area contributed by atoms with Crippen molar-refractivity contribution in [3.63, 3.8) is 0 Å². The van der Waals surface area contributed by atoms with E-state index in [9.17, 15) is 8.42 Å². The third kappa shape index (κ3) is 3.57. The number of nitrogens with one attached hydrogen (secondary N) is 1. The highest BCUT2D eigenvalue weighted by Gasteiger charge is 2.43. The molecule has 1 aromatic carbocycles. The summed E-state index contributed by atoms with van der Waals surface area (Å²) >= 11 is 0. The van der Waals surface area contributed by atoms with Crippen LogP contribution in [0.25, 0.3) is 33.8 Å². The number of hydrogen-bond donors (Lipinski definition) is 1. The standard InChI is InChI=1S/C24H27N7O2S/c1-6-31-22(17-11-25-15(4)26-12-17)29-21-20(27-13-28-23(21)31)16-7-8-19-18(9-16)24(5,10-14(2)3)30-34(19,32)33/h7-9,11-14,30H,6,10H2,1-5H3. The lowest BCUT2D eigenvalue weighted by molar-refractivity contribution is 0.354. The Balaban J connectivity index is 1.71. The highest BCUT2D eigenvalue weighted by molar-refractivity contribution is 7.89. The topological polar surface area (TPSA) is 116 Å². The average molecular weight is 478 g/mol. The Labute approximate surface area is 198 Å². The van der Waals surface area contributed by atoms with Gasteiger partial charge in [0.05, 0.1) is 16.0 Å². The number of benzene rings is 1. The summed E-state index contributed by atoms with van der Waals surface area (Å²) in [5.74, 6) is 1.72. The number of aryl methyl sites for hydroxylation is 2. The number of rotatable bonds is 5. The highest BCUT2D eigenvalue weighted by Crippen LogP contribution is 2.42. The lowest BCUT2D eigenvalue weighted by Gasteiger charge is -2.26. The van der Waals surface area contributed by atoms with E-state index in [4.69, 9.17) is 4.98 Å². The molecule has 0 amide bonds. The fourth-order valence-corrected chi connectivity index (χ4v) is 6.61. The highest BCUT2D eigenvalue weighted by atomic mass is 32.2. The Hall–Kier alpha value is -3.24. The molecular formula is C24H27N7O2S. The van der Waals surface area contributed by atoms with Gasteiger partial charge in [0.25, 0.3) is 0 Å². The zero-order chi connectivity index (χ0) is 24.3. The summed E-state index contributed by atoms with van der Waals surface area (Å²) in [4.78, 5) is 22.9. The van der Waals surface area contributed by atoms with Gasteiger partial charge < -0.3 is 4.57 Å². The Morgan fingerprint density at radius 1 is 1.09 bits per heavy atom. The molecule has 0 radical (unpaired) electrons. The summed E-state index contributed by atoms with van der Waals surface area (Å²) in [6, 6.07) is 5.38. The van der Waals surface area contributed by atoms with Crippen LogP contribution in [-0.2, 0) is 22.1 Å². The molecule has 9 nitrogen and oxygen atoms in total. The fraction of sp³-hybridized carbons (Fsp3) is 0.375. The predicted molar refractivity (Wildman–Crippen MR) is 129 cm³/mol. The summed E-state index contributed by atoms with van der Waals surface area (Å²) < 4.78 is 30.5. The first-order valence-corrected chi connectivity index (χ1v) is 12.8. The smallest absolute Gasteiger partial charge is 0.241 e. The molecule has 1 N–H and O–H groups in total. The van der Waals surface area contributed by atoms with Crippen molar-refractivity contribution in [3.8, 4) is 22.6 Å². The van der Waals surface area contributed by atoms with Crippen LogP contribution in [0.15, 0.2) is 41.8 Å². The van der Waals surface area contributed by atoms with Crippen molar-refractivity contribution in [2.75, 3.05) is 0 Å². The quantitative estimate of drug-likeness (QED) is 0.464. The Kier molecular flexibility index (Phi) is 5.25. The average Bonchev–Trinajstić information content (AvgIpc) is 3.25. The van der Waals surface area contributed by atoms with Crippen LogP contribution < -0.4 is 4.72 Å². The minimum absolute atomic E-state index is 0.313. The SMILES string of the molecule is CCn1c(-c2cnc(C)nc2)nc2c(-c3ccc4c(c3)C(C)(CC(C)C)NS4(=O)=O)ncnc21. The van der Waals surface area contributed by atoms with Crippen LogP contribution in [0.4, 0.5) is 0 Å². The van der Waals surface area contributed by atoms with Crippen LogP contribution in [0.3, 0.4) is 0 Å². The molecule has 1 unspecified atom stereocenters. The van der Waals surface area contributed by atoms with Crippen molar-refractivity contribution in [3.05, 3.63) is 48.3 Å². The van der Waals surface area contributed by atoms with E-state index in [0.717, 1.165) is 16.7 Å². The van der Waals surface area contributed by atoms with E-state index in [2.05, 4.69) is 38.5 Å². The zero-order valence-electron chi connectivity index (χ0n) is 19.9. The second-order valence-corrected chi connectivity index (χ2v) is 11.0. The molecule has 1 aliphatic heterocycles. The Morgan fingerprint density at radius 2 is 1.82 bits per heavy atom. The normalized spacial score (nSPS) is 19.1. The molecule has 1 atom stereocenters. The van der Waals surface area contributed by atoms with Crippen molar-refractivity contribution >= 4 is 21.2 Å². The van der Waals surface area contributed by atoms with E-state index in [1.807, 2.05) is 31.4 Å². The number of fused-ring (bicyclic) bond motifs is 2. The van der Waals surface area contributed by atoms with Crippen LogP contribution in [-0.4, -0.2) is 37.9 Å². The van der Waals surface area contributed by atoms with E-state index in [0.29, 0.717) is 52.3 Å². The molecule has 10 heteroatoms. The first-order valence-electron chi connectivity index (χ1n) is 11.3. The second-order valence-electron chi connectivity index (χ2n) is 9.34. The molecule has 0 spiro atoms. The molecule has 3 aromatic heterocycles. The van der Waals surface area contributed by atoms with Gasteiger partial charge in [-0.2, -0.15) is 0 Å². The maximum Gasteiger partial charge on any atom is 0.241 e. The number of imidazole rings is 1. The van der Waals surface area contributed by atoms with Gasteiger partial charge in [-0.3, -0.25) is 0 Å². The van der Waals surface area contributed by atoms with Gasteiger partial charge in [-0.1, -0.05) is 19.9 Å². The second kappa shape index (κ2) is 7.92. The Morgan fingerprint density at radius 3 is 2.50 bits per heavy atom. The molecule has 0 bridgehead atoms. The fourth-order valence-electron chi connectivity index (χ4n) is 4.89. The van der Waals surface area contributed by atoms with Crippen molar-refractivity contribution in [2.24, 2.45) is 5.92 Å². The van der Waals surface area contributed by atoms with Gasteiger partial charge in [0.2, 0.25) is 10.0 Å². The van der Waals surface area contributed by atoms with Crippen LogP contribution in [0.1, 0.15) is 45.5 Å². The molecule has 4 heterocycles. The lowest BCUT2D eigenvalue weighted by atomic mass is 9.84. The number of hydrogen-bond acceptors (Lipinski definition) is 7. The maximum atomic E-state index is 12.8. The third-order valence-corrected chi connectivity index (χ3v) is 7.85. The summed E-state index contributed by atoms with van der Waals surface area (Å²) in [5.41, 5.74) is 3.69. The van der Waals surface area contributed by atoms with Crippen LogP contribution >= 0.6 is 0 Å². The monoisotopic (exact) mass is 477 g/mol. The minimum Gasteiger partial charge on any atom is -0.309 e. The molecule has 5 rings (SSSR count). The van der Waals surface area contributed by atoms with Crippen LogP contribution in [0.5, 0.6) is 0 Å². The summed E-state index contributed by atoms with van der Waals surface area (Å²) in [5, 5.41) is 0. The predicted octanol–water partition coefficient (Wildman–Crippen LogP) is 3.83. The molecule has 0 aliphatic carbocycles. The minimum atomic E-state index is -3.56. The Bertz CT molecular complexity index is 1510. The van der Waals surface area contributed by atoms with Gasteiger partial charge >= 0.3 is 0 Å². The first kappa shape index (κ1) is 22.5. The van der Waals surface area contributed by atoms with E-state index < -0.39 is 15.6 Å². The van der Waals surface area contributed by atoms with Gasteiger partial charge in [-0.15, -0.1) is 0 Å². The molecule has 0 fully saturated rings. The number of aromatic nitrogens is 6. The van der Waals surface area contributed by atoms with Crippen molar-refractivity contribution in [1.82, 2.24) is 34.2 Å². The van der Waals surface area contributed by atoms with Gasteiger partial charge in [0, 0.05) is 24.5 Å². The first-order chi connectivity index (χ1) is 16.1. The summed E-state index contributed by atoms with van der Waals surface area (Å²) in [6.07, 6.45) is 5.72. The summed E-state index contributed by atoms with van der Waals surface area (Å²) in [7, 11) is -3.56. The molecular weight excluding hydrogens is 450 g/mol. The zero-order valence-corrected chi connectivity index (χ0v) is 20.7. The van der Waals surface area contributed by atoms with E-state index in [1.54, 1.807) is 24.5 Å². The molecule has 0 saturated heterocycles. The van der Waals surface area contributed by atoms with Gasteiger partial charge in [-0.05, 0) is 50.8 Å². The van der Waals surface area contributed by atoms with E-state index in [-0.39, 0.29) is 0 Å². The summed E-state index contributed by atoms with van der Waals surface area (Å²) in [6.45, 7) is 10.6. The van der Waals surface area contributed by atoms with E-state index >= 15 is 0 Å². The van der Waals surface area contributed by atoms with Crippen LogP contribution in [0.2, 0.25) is 0 Å². The molecule has 4 aromatic rings. The number of nitrogens with zero attached hydrogens (tertiary/aromatic N) is 6. The molecule has 1 aliphatic rings. The van der Waals surface area contributed by atoms with Gasteiger partial charge in [0.1, 0.15) is 29.2 Å². The van der Waals surface area contributed by atoms with E-state index in [1.165, 1.54) is 6.33 Å². The van der Waals surface area contributed by atoms with Crippen molar-refractivity contribution < 1.29 is 8.42 Å². The lowest BCUT2D eigenvalue weighted by Crippen LogP contribution is -2.37.